The van der Waals surface area contributed by atoms with E-state index < -0.39 is 0 Å². The summed E-state index contributed by atoms with van der Waals surface area (Å²) >= 11 is 1.47. The summed E-state index contributed by atoms with van der Waals surface area (Å²) in [5, 5.41) is 5.64. The van der Waals surface area contributed by atoms with Gasteiger partial charge >= 0.3 is 5.97 Å². The van der Waals surface area contributed by atoms with Crippen LogP contribution in [0.1, 0.15) is 38.1 Å². The molecule has 0 saturated heterocycles. The molecule has 2 aromatic carbocycles. The number of carbonyl (C=O) groups is 2. The van der Waals surface area contributed by atoms with Crippen molar-refractivity contribution in [1.82, 2.24) is 4.90 Å². The SMILES string of the molecule is CCOC(=O)c1c(NC(=O)c2ccc3ccccc3c2)sc2c1CCN(C)C2.Cl. The van der Waals surface area contributed by atoms with Gasteiger partial charge in [-0.3, -0.25) is 4.79 Å². The van der Waals surface area contributed by atoms with Crippen molar-refractivity contribution in [3.8, 4) is 0 Å². The second-order valence-corrected chi connectivity index (χ2v) is 8.04. The first kappa shape index (κ1) is 21.3. The summed E-state index contributed by atoms with van der Waals surface area (Å²) in [6.07, 6.45) is 0.780. The number of thiophene rings is 1. The summed E-state index contributed by atoms with van der Waals surface area (Å²) < 4.78 is 5.27. The number of likely N-dealkylation sites (N-methyl/N-ethyl adjacent to an activating group) is 1. The maximum Gasteiger partial charge on any atom is 0.341 e. The lowest BCUT2D eigenvalue weighted by Gasteiger charge is -2.22. The summed E-state index contributed by atoms with van der Waals surface area (Å²) in [4.78, 5) is 28.8. The van der Waals surface area contributed by atoms with Crippen LogP contribution in [0, 0.1) is 0 Å². The van der Waals surface area contributed by atoms with Gasteiger partial charge in [-0.2, -0.15) is 0 Å². The van der Waals surface area contributed by atoms with E-state index in [0.29, 0.717) is 22.7 Å². The molecule has 1 N–H and O–H groups in total. The van der Waals surface area contributed by atoms with Crippen LogP contribution in [0.5, 0.6) is 0 Å². The van der Waals surface area contributed by atoms with E-state index in [-0.39, 0.29) is 24.3 Å². The Morgan fingerprint density at radius 3 is 2.69 bits per heavy atom. The van der Waals surface area contributed by atoms with E-state index in [1.165, 1.54) is 11.3 Å². The highest BCUT2D eigenvalue weighted by Crippen LogP contribution is 2.37. The molecule has 0 spiro atoms. The highest BCUT2D eigenvalue weighted by molar-refractivity contribution is 7.17. The number of benzene rings is 2. The van der Waals surface area contributed by atoms with Crippen LogP contribution in [0.3, 0.4) is 0 Å². The van der Waals surface area contributed by atoms with Crippen molar-refractivity contribution in [2.45, 2.75) is 19.9 Å². The van der Waals surface area contributed by atoms with Crippen molar-refractivity contribution in [2.75, 3.05) is 25.5 Å². The third-order valence-corrected chi connectivity index (χ3v) is 6.10. The van der Waals surface area contributed by atoms with Gasteiger partial charge in [0.15, 0.2) is 0 Å². The van der Waals surface area contributed by atoms with Crippen LogP contribution in [0.2, 0.25) is 0 Å². The molecule has 0 unspecified atom stereocenters. The van der Waals surface area contributed by atoms with Crippen LogP contribution in [-0.2, 0) is 17.7 Å². The Bertz CT molecular complexity index is 1060. The maximum atomic E-state index is 12.9. The first-order valence-electron chi connectivity index (χ1n) is 9.37. The fraction of sp³-hybridized carbons (Fsp3) is 0.273. The Kier molecular flexibility index (Phi) is 6.57. The van der Waals surface area contributed by atoms with E-state index in [0.717, 1.165) is 40.7 Å². The van der Waals surface area contributed by atoms with E-state index in [9.17, 15) is 9.59 Å². The van der Waals surface area contributed by atoms with Gasteiger partial charge in [-0.25, -0.2) is 4.79 Å². The van der Waals surface area contributed by atoms with Crippen LogP contribution < -0.4 is 5.32 Å². The van der Waals surface area contributed by atoms with Crippen LogP contribution in [-0.4, -0.2) is 37.0 Å². The second-order valence-electron chi connectivity index (χ2n) is 6.93. The first-order valence-corrected chi connectivity index (χ1v) is 10.2. The molecule has 152 valence electrons. The van der Waals surface area contributed by atoms with Gasteiger partial charge in [0.05, 0.1) is 12.2 Å². The number of nitrogens with zero attached hydrogens (tertiary/aromatic N) is 1. The minimum absolute atomic E-state index is 0. The average molecular weight is 431 g/mol. The molecule has 1 aliphatic rings. The highest BCUT2D eigenvalue weighted by Gasteiger charge is 2.28. The summed E-state index contributed by atoms with van der Waals surface area (Å²) in [5.41, 5.74) is 2.09. The zero-order valence-electron chi connectivity index (χ0n) is 16.4. The summed E-state index contributed by atoms with van der Waals surface area (Å²) in [6, 6.07) is 13.5. The van der Waals surface area contributed by atoms with Gasteiger partial charge < -0.3 is 15.0 Å². The van der Waals surface area contributed by atoms with Crippen molar-refractivity contribution in [1.29, 1.82) is 0 Å². The lowest BCUT2D eigenvalue weighted by molar-refractivity contribution is 0.0526. The van der Waals surface area contributed by atoms with Gasteiger partial charge in [0.1, 0.15) is 5.00 Å². The average Bonchev–Trinajstić information content (AvgIpc) is 3.04. The van der Waals surface area contributed by atoms with Crippen molar-refractivity contribution in [2.24, 2.45) is 0 Å². The molecular formula is C22H23ClN2O3S. The molecule has 29 heavy (non-hydrogen) atoms. The predicted molar refractivity (Wildman–Crippen MR) is 119 cm³/mol. The van der Waals surface area contributed by atoms with Gasteiger partial charge in [0, 0.05) is 23.5 Å². The fourth-order valence-corrected chi connectivity index (χ4v) is 4.86. The molecule has 1 amide bonds. The number of halogens is 1. The number of amides is 1. The number of rotatable bonds is 4. The van der Waals surface area contributed by atoms with Crippen molar-refractivity contribution < 1.29 is 14.3 Å². The van der Waals surface area contributed by atoms with Gasteiger partial charge in [-0.15, -0.1) is 23.7 Å². The zero-order chi connectivity index (χ0) is 19.7. The normalized spacial score (nSPS) is 13.4. The number of esters is 1. The van der Waals surface area contributed by atoms with Crippen LogP contribution in [0.4, 0.5) is 5.00 Å². The number of nitrogens with one attached hydrogen (secondary N) is 1. The Morgan fingerprint density at radius 1 is 1.17 bits per heavy atom. The number of hydrogen-bond acceptors (Lipinski definition) is 5. The van der Waals surface area contributed by atoms with Crippen LogP contribution >= 0.6 is 23.7 Å². The zero-order valence-corrected chi connectivity index (χ0v) is 18.0. The molecule has 3 aromatic rings. The molecule has 2 heterocycles. The Morgan fingerprint density at radius 2 is 1.93 bits per heavy atom. The third-order valence-electron chi connectivity index (χ3n) is 4.97. The van der Waals surface area contributed by atoms with Crippen LogP contribution in [0.25, 0.3) is 10.8 Å². The quantitative estimate of drug-likeness (QED) is 0.607. The minimum Gasteiger partial charge on any atom is -0.462 e. The molecule has 1 aliphatic heterocycles. The van der Waals surface area contributed by atoms with Gasteiger partial charge in [-0.1, -0.05) is 30.3 Å². The number of anilines is 1. The molecule has 0 radical (unpaired) electrons. The second kappa shape index (κ2) is 8.95. The number of hydrogen-bond donors (Lipinski definition) is 1. The number of carbonyl (C=O) groups excluding carboxylic acids is 2. The standard InChI is InChI=1S/C22H22N2O3S.ClH/c1-3-27-22(26)19-17-10-11-24(2)13-18(17)28-21(19)23-20(25)16-9-8-14-6-4-5-7-15(14)12-16;/h4-9,12H,3,10-11,13H2,1-2H3,(H,23,25);1H. The van der Waals surface area contributed by atoms with Crippen molar-refractivity contribution in [3.63, 3.8) is 0 Å². The molecule has 5 nitrogen and oxygen atoms in total. The van der Waals surface area contributed by atoms with Gasteiger partial charge in [-0.05, 0) is 48.9 Å². The monoisotopic (exact) mass is 430 g/mol. The summed E-state index contributed by atoms with van der Waals surface area (Å²) in [7, 11) is 2.06. The smallest absolute Gasteiger partial charge is 0.341 e. The molecule has 1 aromatic heterocycles. The lowest BCUT2D eigenvalue weighted by Crippen LogP contribution is -2.26. The van der Waals surface area contributed by atoms with Crippen LogP contribution in [0.15, 0.2) is 42.5 Å². The summed E-state index contributed by atoms with van der Waals surface area (Å²) in [5.74, 6) is -0.582. The minimum atomic E-state index is -0.363. The van der Waals surface area contributed by atoms with E-state index in [4.69, 9.17) is 4.74 Å². The maximum absolute atomic E-state index is 12.9. The van der Waals surface area contributed by atoms with Gasteiger partial charge in [0.25, 0.3) is 5.91 Å². The Balaban J connectivity index is 0.00000240. The molecule has 0 bridgehead atoms. The van der Waals surface area contributed by atoms with E-state index in [1.807, 2.05) is 42.5 Å². The molecule has 4 rings (SSSR count). The molecule has 7 heteroatoms. The molecule has 0 saturated carbocycles. The van der Waals surface area contributed by atoms with E-state index >= 15 is 0 Å². The number of ether oxygens (including phenoxy) is 1. The van der Waals surface area contributed by atoms with Crippen molar-refractivity contribution in [3.05, 3.63) is 64.0 Å². The molecular weight excluding hydrogens is 408 g/mol. The topological polar surface area (TPSA) is 58.6 Å². The third kappa shape index (κ3) is 4.29. The Hall–Kier alpha value is -2.41. The first-order chi connectivity index (χ1) is 13.6. The van der Waals surface area contributed by atoms with Crippen molar-refractivity contribution >= 4 is 51.4 Å². The van der Waals surface area contributed by atoms with E-state index in [1.54, 1.807) is 6.92 Å². The molecule has 0 fully saturated rings. The Labute approximate surface area is 180 Å². The molecule has 0 aliphatic carbocycles. The highest BCUT2D eigenvalue weighted by atomic mass is 35.5. The lowest BCUT2D eigenvalue weighted by atomic mass is 10.0. The molecule has 0 atom stereocenters. The predicted octanol–water partition coefficient (Wildman–Crippen LogP) is 4.74. The van der Waals surface area contributed by atoms with Gasteiger partial charge in [0.2, 0.25) is 0 Å². The van der Waals surface area contributed by atoms with E-state index in [2.05, 4.69) is 17.3 Å². The number of fused-ring (bicyclic) bond motifs is 2. The fourth-order valence-electron chi connectivity index (χ4n) is 3.54. The largest absolute Gasteiger partial charge is 0.462 e. The summed E-state index contributed by atoms with van der Waals surface area (Å²) in [6.45, 7) is 3.76.